The molecule has 0 aliphatic heterocycles. The molecule has 6 heteroatoms. The van der Waals surface area contributed by atoms with Crippen LogP contribution in [0.25, 0.3) is 10.9 Å². The number of nitrogens with zero attached hydrogens (tertiary/aromatic N) is 1. The number of esters is 1. The predicted molar refractivity (Wildman–Crippen MR) is 103 cm³/mol. The smallest absolute Gasteiger partial charge is 0.344 e. The molecule has 140 valence electrons. The van der Waals surface area contributed by atoms with Crippen molar-refractivity contribution in [3.63, 3.8) is 0 Å². The molecule has 0 aliphatic carbocycles. The molecule has 1 heterocycles. The Hall–Kier alpha value is -3.15. The van der Waals surface area contributed by atoms with Gasteiger partial charge in [0.2, 0.25) is 0 Å². The fraction of sp³-hybridized carbons (Fsp3) is 0.286. The molecular weight excluding hydrogens is 344 g/mol. The molecule has 0 aliphatic rings. The quantitative estimate of drug-likeness (QED) is 0.699. The van der Waals surface area contributed by atoms with Gasteiger partial charge in [-0.3, -0.25) is 4.79 Å². The predicted octanol–water partition coefficient (Wildman–Crippen LogP) is 3.53. The van der Waals surface area contributed by atoms with Gasteiger partial charge in [-0.05, 0) is 51.0 Å². The van der Waals surface area contributed by atoms with Gasteiger partial charge in [0, 0.05) is 0 Å². The largest absolute Gasteiger partial charge is 0.481 e. The minimum atomic E-state index is -0.696. The summed E-state index contributed by atoms with van der Waals surface area (Å²) in [6.45, 7) is 7.33. The SMILES string of the molecule is Cc1cc(C)c(OCC(=O)O[C@H](C)c2nc3ccccc3c(=O)[nH]2)c(C)c1. The van der Waals surface area contributed by atoms with Crippen LogP contribution in [0.1, 0.15) is 35.5 Å². The zero-order valence-corrected chi connectivity index (χ0v) is 15.8. The summed E-state index contributed by atoms with van der Waals surface area (Å²) in [5.41, 5.74) is 3.37. The number of fused-ring (bicyclic) bond motifs is 1. The molecule has 2 aromatic carbocycles. The minimum absolute atomic E-state index is 0.215. The highest BCUT2D eigenvalue weighted by Crippen LogP contribution is 2.24. The molecule has 0 radical (unpaired) electrons. The lowest BCUT2D eigenvalue weighted by molar-refractivity contribution is -0.151. The first-order valence-electron chi connectivity index (χ1n) is 8.74. The Balaban J connectivity index is 1.69. The molecule has 27 heavy (non-hydrogen) atoms. The summed E-state index contributed by atoms with van der Waals surface area (Å²) >= 11 is 0. The lowest BCUT2D eigenvalue weighted by atomic mass is 10.1. The highest BCUT2D eigenvalue weighted by molar-refractivity contribution is 5.77. The van der Waals surface area contributed by atoms with E-state index in [9.17, 15) is 9.59 Å². The summed E-state index contributed by atoms with van der Waals surface area (Å²) in [7, 11) is 0. The number of carbonyl (C=O) groups excluding carboxylic acids is 1. The van der Waals surface area contributed by atoms with Gasteiger partial charge in [-0.1, -0.05) is 29.8 Å². The number of hydrogen-bond acceptors (Lipinski definition) is 5. The average Bonchev–Trinajstić information content (AvgIpc) is 2.60. The molecular formula is C21H22N2O4. The Morgan fingerprint density at radius 2 is 1.81 bits per heavy atom. The van der Waals surface area contributed by atoms with Crippen LogP contribution in [-0.2, 0) is 9.53 Å². The number of ether oxygens (including phenoxy) is 2. The van der Waals surface area contributed by atoms with Crippen LogP contribution in [0.4, 0.5) is 0 Å². The fourth-order valence-electron chi connectivity index (χ4n) is 3.11. The van der Waals surface area contributed by atoms with Crippen LogP contribution >= 0.6 is 0 Å². The van der Waals surface area contributed by atoms with E-state index in [1.807, 2.05) is 32.9 Å². The third kappa shape index (κ3) is 4.16. The van der Waals surface area contributed by atoms with Gasteiger partial charge in [-0.15, -0.1) is 0 Å². The molecule has 0 saturated heterocycles. The molecule has 0 spiro atoms. The molecule has 3 rings (SSSR count). The van der Waals surface area contributed by atoms with Crippen LogP contribution in [-0.4, -0.2) is 22.5 Å². The Morgan fingerprint density at radius 1 is 1.15 bits per heavy atom. The summed E-state index contributed by atoms with van der Waals surface area (Å²) in [5, 5.41) is 0.494. The third-order valence-corrected chi connectivity index (χ3v) is 4.26. The molecule has 1 aromatic heterocycles. The van der Waals surface area contributed by atoms with Gasteiger partial charge >= 0.3 is 5.97 Å². The zero-order chi connectivity index (χ0) is 19.6. The number of nitrogens with one attached hydrogen (secondary N) is 1. The van der Waals surface area contributed by atoms with Crippen LogP contribution in [0.5, 0.6) is 5.75 Å². The Bertz CT molecular complexity index is 1030. The first-order chi connectivity index (χ1) is 12.8. The number of aromatic nitrogens is 2. The van der Waals surface area contributed by atoms with E-state index < -0.39 is 12.1 Å². The molecule has 1 N–H and O–H groups in total. The molecule has 1 atom stereocenters. The van der Waals surface area contributed by atoms with Crippen LogP contribution in [0.2, 0.25) is 0 Å². The molecule has 0 saturated carbocycles. The third-order valence-electron chi connectivity index (χ3n) is 4.26. The van der Waals surface area contributed by atoms with Crippen molar-refractivity contribution in [2.75, 3.05) is 6.61 Å². The summed E-state index contributed by atoms with van der Waals surface area (Å²) in [4.78, 5) is 31.4. The number of rotatable bonds is 5. The number of benzene rings is 2. The Labute approximate surface area is 157 Å². The second kappa shape index (κ2) is 7.61. The maximum absolute atomic E-state index is 12.2. The maximum atomic E-state index is 12.2. The summed E-state index contributed by atoms with van der Waals surface area (Å²) in [6, 6.07) is 11.0. The topological polar surface area (TPSA) is 81.3 Å². The van der Waals surface area contributed by atoms with Crippen LogP contribution in [0.3, 0.4) is 0 Å². The van der Waals surface area contributed by atoms with E-state index in [0.717, 1.165) is 16.7 Å². The first-order valence-corrected chi connectivity index (χ1v) is 8.74. The van der Waals surface area contributed by atoms with Gasteiger partial charge in [-0.2, -0.15) is 0 Å². The van der Waals surface area contributed by atoms with Crippen molar-refractivity contribution in [3.05, 3.63) is 69.3 Å². The van der Waals surface area contributed by atoms with E-state index in [4.69, 9.17) is 9.47 Å². The second-order valence-corrected chi connectivity index (χ2v) is 6.62. The lowest BCUT2D eigenvalue weighted by Crippen LogP contribution is -2.21. The van der Waals surface area contributed by atoms with E-state index in [-0.39, 0.29) is 12.2 Å². The molecule has 6 nitrogen and oxygen atoms in total. The average molecular weight is 366 g/mol. The summed E-state index contributed by atoms with van der Waals surface area (Å²) in [6.07, 6.45) is -0.696. The van der Waals surface area contributed by atoms with Gasteiger partial charge in [0.25, 0.3) is 5.56 Å². The minimum Gasteiger partial charge on any atom is -0.481 e. The molecule has 0 fully saturated rings. The Kier molecular flexibility index (Phi) is 5.26. The highest BCUT2D eigenvalue weighted by Gasteiger charge is 2.17. The molecule has 0 amide bonds. The number of aromatic amines is 1. The number of hydrogen-bond donors (Lipinski definition) is 1. The van der Waals surface area contributed by atoms with E-state index in [2.05, 4.69) is 9.97 Å². The second-order valence-electron chi connectivity index (χ2n) is 6.62. The van der Waals surface area contributed by atoms with E-state index in [1.54, 1.807) is 31.2 Å². The van der Waals surface area contributed by atoms with E-state index in [1.165, 1.54) is 0 Å². The standard InChI is InChI=1S/C21H22N2O4/c1-12-9-13(2)19(14(3)10-12)26-11-18(24)27-15(4)20-22-17-8-6-5-7-16(17)21(25)23-20/h5-10,15H,11H2,1-4H3,(H,22,23,25)/t15-/m1/s1. The van der Waals surface area contributed by atoms with Crippen LogP contribution in [0.15, 0.2) is 41.2 Å². The maximum Gasteiger partial charge on any atom is 0.344 e. The van der Waals surface area contributed by atoms with Crippen molar-refractivity contribution >= 4 is 16.9 Å². The normalized spacial score (nSPS) is 12.0. The number of carbonyl (C=O) groups is 1. The van der Waals surface area contributed by atoms with Crippen molar-refractivity contribution in [1.82, 2.24) is 9.97 Å². The van der Waals surface area contributed by atoms with Crippen molar-refractivity contribution in [3.8, 4) is 5.75 Å². The molecule has 3 aromatic rings. The summed E-state index contributed by atoms with van der Waals surface area (Å²) < 4.78 is 11.0. The lowest BCUT2D eigenvalue weighted by Gasteiger charge is -2.15. The summed E-state index contributed by atoms with van der Waals surface area (Å²) in [5.74, 6) is 0.454. The van der Waals surface area contributed by atoms with Gasteiger partial charge in [0.1, 0.15) is 5.75 Å². The molecule has 0 unspecified atom stereocenters. The van der Waals surface area contributed by atoms with Crippen LogP contribution < -0.4 is 10.3 Å². The van der Waals surface area contributed by atoms with E-state index >= 15 is 0 Å². The first kappa shape index (κ1) is 18.6. The van der Waals surface area contributed by atoms with Gasteiger partial charge in [0.15, 0.2) is 18.5 Å². The van der Waals surface area contributed by atoms with Crippen LogP contribution in [0, 0.1) is 20.8 Å². The van der Waals surface area contributed by atoms with Gasteiger partial charge in [0.05, 0.1) is 10.9 Å². The van der Waals surface area contributed by atoms with Crippen molar-refractivity contribution < 1.29 is 14.3 Å². The number of para-hydroxylation sites is 1. The zero-order valence-electron chi connectivity index (χ0n) is 15.8. The van der Waals surface area contributed by atoms with Gasteiger partial charge in [-0.25, -0.2) is 9.78 Å². The van der Waals surface area contributed by atoms with Crippen molar-refractivity contribution in [2.45, 2.75) is 33.8 Å². The van der Waals surface area contributed by atoms with Crippen molar-refractivity contribution in [1.29, 1.82) is 0 Å². The van der Waals surface area contributed by atoms with E-state index in [0.29, 0.717) is 22.5 Å². The number of H-pyrrole nitrogens is 1. The fourth-order valence-corrected chi connectivity index (χ4v) is 3.11. The highest BCUT2D eigenvalue weighted by atomic mass is 16.6. The van der Waals surface area contributed by atoms with Gasteiger partial charge < -0.3 is 14.5 Å². The Morgan fingerprint density at radius 3 is 2.52 bits per heavy atom. The molecule has 0 bridgehead atoms. The monoisotopic (exact) mass is 366 g/mol. The van der Waals surface area contributed by atoms with Crippen molar-refractivity contribution in [2.24, 2.45) is 0 Å². The number of aryl methyl sites for hydroxylation is 3.